The van der Waals surface area contributed by atoms with Crippen molar-refractivity contribution in [1.82, 2.24) is 4.90 Å². The van der Waals surface area contributed by atoms with Crippen molar-refractivity contribution in [1.29, 1.82) is 0 Å². The van der Waals surface area contributed by atoms with Crippen LogP contribution in [-0.4, -0.2) is 43.3 Å². The van der Waals surface area contributed by atoms with Gasteiger partial charge in [-0.3, -0.25) is 4.90 Å². The lowest BCUT2D eigenvalue weighted by molar-refractivity contribution is -0.0121. The van der Waals surface area contributed by atoms with Crippen LogP contribution >= 0.6 is 0 Å². The minimum absolute atomic E-state index is 0.107. The fraction of sp³-hybridized carbons (Fsp3) is 0.647. The van der Waals surface area contributed by atoms with E-state index in [4.69, 9.17) is 15.2 Å². The van der Waals surface area contributed by atoms with E-state index in [9.17, 15) is 0 Å². The largest absolute Gasteiger partial charge is 0.492 e. The zero-order chi connectivity index (χ0) is 14.7. The molecule has 2 N–H and O–H groups in total. The van der Waals surface area contributed by atoms with Crippen LogP contribution in [0.4, 0.5) is 0 Å². The Morgan fingerprint density at radius 2 is 2.10 bits per heavy atom. The molecule has 0 bridgehead atoms. The van der Waals surface area contributed by atoms with Crippen LogP contribution in [0.1, 0.15) is 31.2 Å². The Balaban J connectivity index is 1.78. The summed E-state index contributed by atoms with van der Waals surface area (Å²) in [5.41, 5.74) is 7.59. The van der Waals surface area contributed by atoms with Gasteiger partial charge in [0.15, 0.2) is 0 Å². The molecule has 1 aliphatic carbocycles. The summed E-state index contributed by atoms with van der Waals surface area (Å²) in [7, 11) is 1.82. The molecule has 21 heavy (non-hydrogen) atoms. The number of benzene rings is 1. The molecule has 116 valence electrons. The van der Waals surface area contributed by atoms with E-state index in [0.29, 0.717) is 12.6 Å². The molecule has 1 aliphatic heterocycles. The second-order valence-corrected chi connectivity index (χ2v) is 6.24. The molecule has 1 aromatic rings. The second-order valence-electron chi connectivity index (χ2n) is 6.24. The van der Waals surface area contributed by atoms with Gasteiger partial charge in [-0.25, -0.2) is 0 Å². The molecule has 0 unspecified atom stereocenters. The molecule has 0 amide bonds. The average molecular weight is 290 g/mol. The van der Waals surface area contributed by atoms with E-state index in [1.807, 2.05) is 13.2 Å². The van der Waals surface area contributed by atoms with E-state index in [-0.39, 0.29) is 5.54 Å². The molecule has 3 rings (SSSR count). The number of para-hydroxylation sites is 1. The third-order valence-electron chi connectivity index (χ3n) is 5.20. The first kappa shape index (κ1) is 14.8. The van der Waals surface area contributed by atoms with Gasteiger partial charge >= 0.3 is 0 Å². The molecule has 0 radical (unpaired) electrons. The maximum Gasteiger partial charge on any atom is 0.123 e. The molecule has 1 fully saturated rings. The highest BCUT2D eigenvalue weighted by Crippen LogP contribution is 2.36. The molecule has 1 aromatic carbocycles. The fourth-order valence-electron chi connectivity index (χ4n) is 3.74. The summed E-state index contributed by atoms with van der Waals surface area (Å²) in [4.78, 5) is 2.55. The van der Waals surface area contributed by atoms with Crippen LogP contribution in [0.5, 0.6) is 5.75 Å². The summed E-state index contributed by atoms with van der Waals surface area (Å²) in [5, 5.41) is 0. The maximum absolute atomic E-state index is 6.20. The highest BCUT2D eigenvalue weighted by Gasteiger charge is 2.40. The normalized spacial score (nSPS) is 30.3. The first-order valence-corrected chi connectivity index (χ1v) is 7.96. The standard InChI is InChI=1S/C17H26N2O2/c1-20-15-6-8-17(13-18,9-7-15)19-10-11-21-16-5-3-2-4-14(16)12-19/h2-5,15H,6-13,18H2,1H3. The van der Waals surface area contributed by atoms with Gasteiger partial charge in [-0.15, -0.1) is 0 Å². The van der Waals surface area contributed by atoms with Gasteiger partial charge in [-0.1, -0.05) is 18.2 Å². The summed E-state index contributed by atoms with van der Waals surface area (Å²) in [6.07, 6.45) is 4.84. The molecule has 1 heterocycles. The van der Waals surface area contributed by atoms with Crippen LogP contribution in [0.25, 0.3) is 0 Å². The van der Waals surface area contributed by atoms with E-state index in [0.717, 1.165) is 51.1 Å². The minimum atomic E-state index is 0.107. The molecular formula is C17H26N2O2. The van der Waals surface area contributed by atoms with Crippen LogP contribution < -0.4 is 10.5 Å². The summed E-state index contributed by atoms with van der Waals surface area (Å²) >= 11 is 0. The van der Waals surface area contributed by atoms with E-state index in [1.165, 1.54) is 5.56 Å². The predicted molar refractivity (Wildman–Crippen MR) is 83.4 cm³/mol. The van der Waals surface area contributed by atoms with Gasteiger partial charge < -0.3 is 15.2 Å². The lowest BCUT2D eigenvalue weighted by Gasteiger charge is -2.47. The third kappa shape index (κ3) is 2.93. The van der Waals surface area contributed by atoms with Crippen molar-refractivity contribution < 1.29 is 9.47 Å². The maximum atomic E-state index is 6.20. The van der Waals surface area contributed by atoms with Gasteiger partial charge in [-0.05, 0) is 31.7 Å². The summed E-state index contributed by atoms with van der Waals surface area (Å²) in [5.74, 6) is 1.03. The quantitative estimate of drug-likeness (QED) is 0.927. The fourth-order valence-corrected chi connectivity index (χ4v) is 3.74. The molecular weight excluding hydrogens is 264 g/mol. The van der Waals surface area contributed by atoms with Crippen molar-refractivity contribution in [3.63, 3.8) is 0 Å². The van der Waals surface area contributed by atoms with Gasteiger partial charge in [0.25, 0.3) is 0 Å². The lowest BCUT2D eigenvalue weighted by Crippen LogP contribution is -2.56. The van der Waals surface area contributed by atoms with Gasteiger partial charge in [-0.2, -0.15) is 0 Å². The zero-order valence-corrected chi connectivity index (χ0v) is 12.9. The Morgan fingerprint density at radius 1 is 1.33 bits per heavy atom. The van der Waals surface area contributed by atoms with Crippen molar-refractivity contribution in [2.45, 2.75) is 43.9 Å². The van der Waals surface area contributed by atoms with Crippen molar-refractivity contribution in [3.05, 3.63) is 29.8 Å². The number of hydrogen-bond donors (Lipinski definition) is 1. The molecule has 0 aromatic heterocycles. The van der Waals surface area contributed by atoms with Gasteiger partial charge in [0.05, 0.1) is 6.10 Å². The Labute approximate surface area is 127 Å². The summed E-state index contributed by atoms with van der Waals surface area (Å²) in [6, 6.07) is 8.36. The topological polar surface area (TPSA) is 47.7 Å². The molecule has 4 nitrogen and oxygen atoms in total. The molecule has 4 heteroatoms. The van der Waals surface area contributed by atoms with Crippen molar-refractivity contribution in [2.24, 2.45) is 5.73 Å². The Hall–Kier alpha value is -1.10. The van der Waals surface area contributed by atoms with Crippen molar-refractivity contribution >= 4 is 0 Å². The van der Waals surface area contributed by atoms with Gasteiger partial charge in [0, 0.05) is 37.8 Å². The summed E-state index contributed by atoms with van der Waals surface area (Å²) < 4.78 is 11.4. The van der Waals surface area contributed by atoms with Crippen LogP contribution in [0, 0.1) is 0 Å². The third-order valence-corrected chi connectivity index (χ3v) is 5.20. The van der Waals surface area contributed by atoms with E-state index < -0.39 is 0 Å². The summed E-state index contributed by atoms with van der Waals surface area (Å²) in [6.45, 7) is 3.34. The Kier molecular flexibility index (Phi) is 4.48. The Morgan fingerprint density at radius 3 is 2.81 bits per heavy atom. The van der Waals surface area contributed by atoms with Crippen molar-refractivity contribution in [2.75, 3.05) is 26.8 Å². The predicted octanol–water partition coefficient (Wildman–Crippen LogP) is 2.17. The monoisotopic (exact) mass is 290 g/mol. The smallest absolute Gasteiger partial charge is 0.123 e. The van der Waals surface area contributed by atoms with Crippen molar-refractivity contribution in [3.8, 4) is 5.75 Å². The molecule has 1 saturated carbocycles. The first-order chi connectivity index (χ1) is 10.3. The lowest BCUT2D eigenvalue weighted by atomic mass is 9.78. The molecule has 2 aliphatic rings. The molecule has 0 atom stereocenters. The zero-order valence-electron chi connectivity index (χ0n) is 12.9. The highest BCUT2D eigenvalue weighted by atomic mass is 16.5. The molecule has 0 spiro atoms. The van der Waals surface area contributed by atoms with E-state index in [2.05, 4.69) is 23.1 Å². The number of nitrogens with zero attached hydrogens (tertiary/aromatic N) is 1. The van der Waals surface area contributed by atoms with Crippen LogP contribution in [-0.2, 0) is 11.3 Å². The average Bonchev–Trinajstić information content (AvgIpc) is 2.77. The number of fused-ring (bicyclic) bond motifs is 1. The minimum Gasteiger partial charge on any atom is -0.492 e. The SMILES string of the molecule is COC1CCC(CN)(N2CCOc3ccccc3C2)CC1. The van der Waals surface area contributed by atoms with Gasteiger partial charge in [0.1, 0.15) is 12.4 Å². The first-order valence-electron chi connectivity index (χ1n) is 7.96. The number of hydrogen-bond acceptors (Lipinski definition) is 4. The van der Waals surface area contributed by atoms with E-state index >= 15 is 0 Å². The molecule has 0 saturated heterocycles. The Bertz CT molecular complexity index is 470. The van der Waals surface area contributed by atoms with Gasteiger partial charge in [0.2, 0.25) is 0 Å². The van der Waals surface area contributed by atoms with E-state index in [1.54, 1.807) is 0 Å². The van der Waals surface area contributed by atoms with Crippen LogP contribution in [0.2, 0.25) is 0 Å². The number of rotatable bonds is 3. The second kappa shape index (κ2) is 6.34. The number of ether oxygens (including phenoxy) is 2. The van der Waals surface area contributed by atoms with Crippen LogP contribution in [0.15, 0.2) is 24.3 Å². The highest BCUT2D eigenvalue weighted by molar-refractivity contribution is 5.34. The number of methoxy groups -OCH3 is 1. The number of nitrogens with two attached hydrogens (primary N) is 1. The van der Waals surface area contributed by atoms with Crippen LogP contribution in [0.3, 0.4) is 0 Å².